The van der Waals surface area contributed by atoms with E-state index in [-0.39, 0.29) is 5.92 Å². The van der Waals surface area contributed by atoms with E-state index < -0.39 is 12.2 Å². The fourth-order valence-corrected chi connectivity index (χ4v) is 2.30. The van der Waals surface area contributed by atoms with Crippen molar-refractivity contribution >= 4 is 0 Å². The van der Waals surface area contributed by atoms with E-state index in [9.17, 15) is 10.2 Å². The average molecular weight is 266 g/mol. The molecule has 0 aromatic heterocycles. The molecule has 3 unspecified atom stereocenters. The molecule has 0 aliphatic carbocycles. The predicted octanol–water partition coefficient (Wildman–Crippen LogP) is 2.61. The third-order valence-corrected chi connectivity index (χ3v) is 3.44. The average Bonchev–Trinajstić information content (AvgIpc) is 2.36. The summed E-state index contributed by atoms with van der Waals surface area (Å²) in [6.45, 7) is 6.73. The summed E-state index contributed by atoms with van der Waals surface area (Å²) >= 11 is 0. The van der Waals surface area contributed by atoms with Crippen LogP contribution < -0.4 is 0 Å². The molecule has 0 radical (unpaired) electrons. The molecule has 0 heterocycles. The van der Waals surface area contributed by atoms with Crippen LogP contribution in [-0.4, -0.2) is 29.0 Å². The minimum Gasteiger partial charge on any atom is -0.393 e. The molecule has 1 rings (SSSR count). The van der Waals surface area contributed by atoms with Gasteiger partial charge in [-0.2, -0.15) is 0 Å². The lowest BCUT2D eigenvalue weighted by Crippen LogP contribution is -2.29. The van der Waals surface area contributed by atoms with Crippen molar-refractivity contribution in [3.8, 4) is 0 Å². The van der Waals surface area contributed by atoms with Crippen molar-refractivity contribution in [2.45, 2.75) is 46.0 Å². The summed E-state index contributed by atoms with van der Waals surface area (Å²) in [5, 5.41) is 19.6. The Bertz CT molecular complexity index is 327. The quantitative estimate of drug-likeness (QED) is 0.760. The zero-order valence-corrected chi connectivity index (χ0v) is 12.1. The maximum absolute atomic E-state index is 9.96. The van der Waals surface area contributed by atoms with Gasteiger partial charge in [0.1, 0.15) is 0 Å². The zero-order valence-electron chi connectivity index (χ0n) is 12.1. The van der Waals surface area contributed by atoms with Gasteiger partial charge in [0.2, 0.25) is 0 Å². The Morgan fingerprint density at radius 1 is 1.05 bits per heavy atom. The van der Waals surface area contributed by atoms with Crippen LogP contribution in [0, 0.1) is 11.8 Å². The van der Waals surface area contributed by atoms with Crippen molar-refractivity contribution < 1.29 is 14.9 Å². The Kier molecular flexibility index (Phi) is 7.06. The molecule has 0 aliphatic heterocycles. The summed E-state index contributed by atoms with van der Waals surface area (Å²) in [6, 6.07) is 9.90. The van der Waals surface area contributed by atoms with E-state index in [1.807, 2.05) is 30.3 Å². The molecule has 0 saturated heterocycles. The Morgan fingerprint density at radius 3 is 2.21 bits per heavy atom. The molecule has 108 valence electrons. The second kappa shape index (κ2) is 8.31. The van der Waals surface area contributed by atoms with Gasteiger partial charge in [0, 0.05) is 0 Å². The van der Waals surface area contributed by atoms with Crippen LogP contribution in [0.25, 0.3) is 0 Å². The molecule has 19 heavy (non-hydrogen) atoms. The standard InChI is InChI=1S/C16H26O3/c1-12(2)16(13(3)17)9-15(18)11-19-10-14-7-5-4-6-8-14/h4-8,12-13,15-18H,9-11H2,1-3H3. The largest absolute Gasteiger partial charge is 0.393 e. The number of benzene rings is 1. The smallest absolute Gasteiger partial charge is 0.0777 e. The van der Waals surface area contributed by atoms with Crippen LogP contribution in [0.1, 0.15) is 32.8 Å². The lowest BCUT2D eigenvalue weighted by molar-refractivity contribution is -0.00637. The Hall–Kier alpha value is -0.900. The third-order valence-electron chi connectivity index (χ3n) is 3.44. The molecular formula is C16H26O3. The molecule has 3 heteroatoms. The number of aliphatic hydroxyl groups excluding tert-OH is 2. The summed E-state index contributed by atoms with van der Waals surface area (Å²) in [6.07, 6.45) is -0.348. The fraction of sp³-hybridized carbons (Fsp3) is 0.625. The molecule has 3 nitrogen and oxygen atoms in total. The van der Waals surface area contributed by atoms with Gasteiger partial charge in [0.25, 0.3) is 0 Å². The van der Waals surface area contributed by atoms with Gasteiger partial charge in [0.15, 0.2) is 0 Å². The number of ether oxygens (including phenoxy) is 1. The van der Waals surface area contributed by atoms with Crippen molar-refractivity contribution in [1.82, 2.24) is 0 Å². The zero-order chi connectivity index (χ0) is 14.3. The highest BCUT2D eigenvalue weighted by molar-refractivity contribution is 5.13. The molecule has 0 amide bonds. The Morgan fingerprint density at radius 2 is 1.68 bits per heavy atom. The molecule has 0 aliphatic rings. The molecule has 1 aromatic carbocycles. The first-order valence-electron chi connectivity index (χ1n) is 6.98. The van der Waals surface area contributed by atoms with E-state index in [1.165, 1.54) is 0 Å². The molecule has 0 saturated carbocycles. The van der Waals surface area contributed by atoms with E-state index in [2.05, 4.69) is 13.8 Å². The number of hydrogen-bond acceptors (Lipinski definition) is 3. The maximum Gasteiger partial charge on any atom is 0.0777 e. The van der Waals surface area contributed by atoms with Gasteiger partial charge in [-0.15, -0.1) is 0 Å². The van der Waals surface area contributed by atoms with Crippen molar-refractivity contribution in [2.75, 3.05) is 6.61 Å². The third kappa shape index (κ3) is 6.19. The Balaban J connectivity index is 2.29. The van der Waals surface area contributed by atoms with E-state index in [1.54, 1.807) is 6.92 Å². The van der Waals surface area contributed by atoms with Gasteiger partial charge in [-0.05, 0) is 30.7 Å². The molecule has 3 atom stereocenters. The van der Waals surface area contributed by atoms with Crippen LogP contribution in [0.3, 0.4) is 0 Å². The summed E-state index contributed by atoms with van der Waals surface area (Å²) in [5.74, 6) is 0.457. The van der Waals surface area contributed by atoms with Crippen LogP contribution in [0.4, 0.5) is 0 Å². The Labute approximate surface area is 116 Å². The second-order valence-electron chi connectivity index (χ2n) is 5.54. The van der Waals surface area contributed by atoms with E-state index in [0.717, 1.165) is 5.56 Å². The molecule has 0 spiro atoms. The molecular weight excluding hydrogens is 240 g/mol. The number of hydrogen-bond donors (Lipinski definition) is 2. The predicted molar refractivity (Wildman–Crippen MR) is 76.7 cm³/mol. The summed E-state index contributed by atoms with van der Waals surface area (Å²) in [5.41, 5.74) is 1.10. The van der Waals surface area contributed by atoms with E-state index in [0.29, 0.717) is 25.6 Å². The van der Waals surface area contributed by atoms with Gasteiger partial charge >= 0.3 is 0 Å². The first kappa shape index (κ1) is 16.2. The summed E-state index contributed by atoms with van der Waals surface area (Å²) in [7, 11) is 0. The van der Waals surface area contributed by atoms with Gasteiger partial charge < -0.3 is 14.9 Å². The molecule has 0 fully saturated rings. The number of rotatable bonds is 8. The maximum atomic E-state index is 9.96. The SMILES string of the molecule is CC(C)C(CC(O)COCc1ccccc1)C(C)O. The van der Waals surface area contributed by atoms with Gasteiger partial charge in [-0.3, -0.25) is 0 Å². The highest BCUT2D eigenvalue weighted by Gasteiger charge is 2.22. The first-order chi connectivity index (χ1) is 9.00. The van der Waals surface area contributed by atoms with Crippen LogP contribution >= 0.6 is 0 Å². The second-order valence-corrected chi connectivity index (χ2v) is 5.54. The molecule has 1 aromatic rings. The highest BCUT2D eigenvalue weighted by atomic mass is 16.5. The monoisotopic (exact) mass is 266 g/mol. The summed E-state index contributed by atoms with van der Waals surface area (Å²) < 4.78 is 5.51. The van der Waals surface area contributed by atoms with Crippen molar-refractivity contribution in [3.05, 3.63) is 35.9 Å². The lowest BCUT2D eigenvalue weighted by atomic mass is 9.86. The minimum atomic E-state index is -0.522. The normalized spacial score (nSPS) is 16.3. The van der Waals surface area contributed by atoms with Crippen LogP contribution in [0.15, 0.2) is 30.3 Å². The molecule has 2 N–H and O–H groups in total. The minimum absolute atomic E-state index is 0.107. The van der Waals surface area contributed by atoms with Crippen molar-refractivity contribution in [3.63, 3.8) is 0 Å². The van der Waals surface area contributed by atoms with E-state index in [4.69, 9.17) is 4.74 Å². The first-order valence-corrected chi connectivity index (χ1v) is 6.98. The van der Waals surface area contributed by atoms with Crippen LogP contribution in [0.2, 0.25) is 0 Å². The fourth-order valence-electron chi connectivity index (χ4n) is 2.30. The van der Waals surface area contributed by atoms with Crippen molar-refractivity contribution in [1.29, 1.82) is 0 Å². The topological polar surface area (TPSA) is 49.7 Å². The van der Waals surface area contributed by atoms with Gasteiger partial charge in [-0.1, -0.05) is 44.2 Å². The van der Waals surface area contributed by atoms with Crippen LogP contribution in [0.5, 0.6) is 0 Å². The highest BCUT2D eigenvalue weighted by Crippen LogP contribution is 2.21. The molecule has 0 bridgehead atoms. The van der Waals surface area contributed by atoms with Crippen LogP contribution in [-0.2, 0) is 11.3 Å². The van der Waals surface area contributed by atoms with Crippen molar-refractivity contribution in [2.24, 2.45) is 11.8 Å². The van der Waals surface area contributed by atoms with Gasteiger partial charge in [0.05, 0.1) is 25.4 Å². The lowest BCUT2D eigenvalue weighted by Gasteiger charge is -2.26. The van der Waals surface area contributed by atoms with Gasteiger partial charge in [-0.25, -0.2) is 0 Å². The summed E-state index contributed by atoms with van der Waals surface area (Å²) in [4.78, 5) is 0. The number of aliphatic hydroxyl groups is 2. The van der Waals surface area contributed by atoms with E-state index >= 15 is 0 Å².